The fourth-order valence-electron chi connectivity index (χ4n) is 2.69. The molecule has 0 saturated carbocycles. The molecule has 0 aliphatic carbocycles. The van der Waals surface area contributed by atoms with E-state index in [1.807, 2.05) is 0 Å². The Morgan fingerprint density at radius 2 is 1.78 bits per heavy atom. The minimum Gasteiger partial charge on any atom is -0.382 e. The topological polar surface area (TPSA) is 15.3 Å². The van der Waals surface area contributed by atoms with E-state index in [-0.39, 0.29) is 0 Å². The molecule has 0 unspecified atom stereocenters. The van der Waals surface area contributed by atoms with Crippen LogP contribution in [0.2, 0.25) is 0 Å². The Balaban J connectivity index is 1.82. The van der Waals surface area contributed by atoms with Gasteiger partial charge in [-0.1, -0.05) is 32.4 Å². The van der Waals surface area contributed by atoms with E-state index >= 15 is 0 Å². The summed E-state index contributed by atoms with van der Waals surface area (Å²) in [5, 5.41) is 3.67. The summed E-state index contributed by atoms with van der Waals surface area (Å²) in [5.74, 6) is 0. The normalized spacial score (nSPS) is 17.9. The number of nitrogens with one attached hydrogen (secondary N) is 1. The van der Waals surface area contributed by atoms with Crippen LogP contribution in [0, 0.1) is 0 Å². The van der Waals surface area contributed by atoms with Crippen LogP contribution in [0.25, 0.3) is 0 Å². The van der Waals surface area contributed by atoms with Gasteiger partial charge in [-0.05, 0) is 43.5 Å². The number of benzene rings is 1. The van der Waals surface area contributed by atoms with Gasteiger partial charge < -0.3 is 10.2 Å². The smallest absolute Gasteiger partial charge is 0.0342 e. The first-order valence-electron chi connectivity index (χ1n) is 7.39. The summed E-state index contributed by atoms with van der Waals surface area (Å²) in [6.07, 6.45) is 4.95. The van der Waals surface area contributed by atoms with E-state index < -0.39 is 0 Å². The predicted octanol–water partition coefficient (Wildman–Crippen LogP) is 3.54. The number of anilines is 1. The zero-order valence-electron chi connectivity index (χ0n) is 11.8. The van der Waals surface area contributed by atoms with Crippen LogP contribution >= 0.6 is 0 Å². The quantitative estimate of drug-likeness (QED) is 0.855. The van der Waals surface area contributed by atoms with E-state index in [0.717, 1.165) is 0 Å². The van der Waals surface area contributed by atoms with Gasteiger partial charge in [-0.25, -0.2) is 0 Å². The zero-order valence-corrected chi connectivity index (χ0v) is 11.8. The SMILES string of the molecule is CCCc1ccc(NC2CCN(CC)CC2)cc1. The van der Waals surface area contributed by atoms with Gasteiger partial charge in [-0.3, -0.25) is 0 Å². The molecule has 2 heteroatoms. The van der Waals surface area contributed by atoms with E-state index in [4.69, 9.17) is 0 Å². The zero-order chi connectivity index (χ0) is 12.8. The van der Waals surface area contributed by atoms with Crippen LogP contribution in [0.3, 0.4) is 0 Å². The van der Waals surface area contributed by atoms with Crippen molar-refractivity contribution in [3.63, 3.8) is 0 Å². The molecule has 1 aromatic carbocycles. The Hall–Kier alpha value is -1.02. The molecule has 1 aliphatic rings. The van der Waals surface area contributed by atoms with Gasteiger partial charge in [0.1, 0.15) is 0 Å². The van der Waals surface area contributed by atoms with Crippen molar-refractivity contribution in [3.8, 4) is 0 Å². The van der Waals surface area contributed by atoms with Crippen molar-refractivity contribution in [1.29, 1.82) is 0 Å². The second kappa shape index (κ2) is 6.79. The van der Waals surface area contributed by atoms with Gasteiger partial charge >= 0.3 is 0 Å². The lowest BCUT2D eigenvalue weighted by Gasteiger charge is -2.32. The number of nitrogens with zero attached hydrogens (tertiary/aromatic N) is 1. The highest BCUT2D eigenvalue weighted by atomic mass is 15.1. The monoisotopic (exact) mass is 246 g/mol. The second-order valence-corrected chi connectivity index (χ2v) is 5.30. The van der Waals surface area contributed by atoms with E-state index in [1.54, 1.807) is 0 Å². The van der Waals surface area contributed by atoms with Gasteiger partial charge in [0.25, 0.3) is 0 Å². The third kappa shape index (κ3) is 3.74. The van der Waals surface area contributed by atoms with Crippen LogP contribution in [0.5, 0.6) is 0 Å². The Bertz CT molecular complexity index is 337. The van der Waals surface area contributed by atoms with E-state index in [0.29, 0.717) is 6.04 Å². The van der Waals surface area contributed by atoms with Crippen molar-refractivity contribution in [1.82, 2.24) is 4.90 Å². The molecule has 0 bridgehead atoms. The standard InChI is InChI=1S/C16H26N2/c1-3-5-14-6-8-15(9-7-14)17-16-10-12-18(4-2)13-11-16/h6-9,16-17H,3-5,10-13H2,1-2H3. The Kier molecular flexibility index (Phi) is 5.06. The van der Waals surface area contributed by atoms with Crippen LogP contribution in [0.4, 0.5) is 5.69 Å². The maximum absolute atomic E-state index is 3.67. The third-order valence-electron chi connectivity index (χ3n) is 3.90. The van der Waals surface area contributed by atoms with Crippen molar-refractivity contribution in [2.45, 2.75) is 45.6 Å². The minimum absolute atomic E-state index is 0.657. The van der Waals surface area contributed by atoms with Crippen LogP contribution in [-0.2, 0) is 6.42 Å². The maximum Gasteiger partial charge on any atom is 0.0342 e. The molecule has 0 radical (unpaired) electrons. The third-order valence-corrected chi connectivity index (χ3v) is 3.90. The number of aryl methyl sites for hydroxylation is 1. The molecule has 2 rings (SSSR count). The fourth-order valence-corrected chi connectivity index (χ4v) is 2.69. The molecule has 0 spiro atoms. The first-order valence-corrected chi connectivity index (χ1v) is 7.39. The minimum atomic E-state index is 0.657. The van der Waals surface area contributed by atoms with E-state index in [9.17, 15) is 0 Å². The van der Waals surface area contributed by atoms with E-state index in [1.165, 1.54) is 56.6 Å². The largest absolute Gasteiger partial charge is 0.382 e. The Morgan fingerprint density at radius 1 is 1.11 bits per heavy atom. The van der Waals surface area contributed by atoms with Gasteiger partial charge in [-0.15, -0.1) is 0 Å². The first-order chi connectivity index (χ1) is 8.81. The van der Waals surface area contributed by atoms with Crippen molar-refractivity contribution < 1.29 is 0 Å². The lowest BCUT2D eigenvalue weighted by Crippen LogP contribution is -2.38. The molecule has 1 saturated heterocycles. The molecular formula is C16H26N2. The second-order valence-electron chi connectivity index (χ2n) is 5.30. The Morgan fingerprint density at radius 3 is 2.33 bits per heavy atom. The van der Waals surface area contributed by atoms with Crippen LogP contribution in [-0.4, -0.2) is 30.6 Å². The highest BCUT2D eigenvalue weighted by Crippen LogP contribution is 2.17. The summed E-state index contributed by atoms with van der Waals surface area (Å²) in [7, 11) is 0. The van der Waals surface area contributed by atoms with Crippen molar-refractivity contribution in [3.05, 3.63) is 29.8 Å². The average Bonchev–Trinajstić information content (AvgIpc) is 2.42. The molecule has 18 heavy (non-hydrogen) atoms. The summed E-state index contributed by atoms with van der Waals surface area (Å²) in [6.45, 7) is 8.15. The lowest BCUT2D eigenvalue weighted by atomic mass is 10.0. The van der Waals surface area contributed by atoms with Crippen molar-refractivity contribution >= 4 is 5.69 Å². The molecule has 0 atom stereocenters. The molecule has 1 aliphatic heterocycles. The molecule has 1 N–H and O–H groups in total. The van der Waals surface area contributed by atoms with Crippen LogP contribution < -0.4 is 5.32 Å². The molecule has 1 heterocycles. The number of hydrogen-bond acceptors (Lipinski definition) is 2. The van der Waals surface area contributed by atoms with Crippen molar-refractivity contribution in [2.75, 3.05) is 25.0 Å². The van der Waals surface area contributed by atoms with E-state index in [2.05, 4.69) is 48.3 Å². The molecule has 0 aromatic heterocycles. The van der Waals surface area contributed by atoms with Gasteiger partial charge in [-0.2, -0.15) is 0 Å². The highest BCUT2D eigenvalue weighted by molar-refractivity contribution is 5.45. The molecular weight excluding hydrogens is 220 g/mol. The summed E-state index contributed by atoms with van der Waals surface area (Å²) in [4.78, 5) is 2.53. The number of hydrogen-bond donors (Lipinski definition) is 1. The Labute approximate surface area is 111 Å². The van der Waals surface area contributed by atoms with Gasteiger partial charge in [0, 0.05) is 24.8 Å². The summed E-state index contributed by atoms with van der Waals surface area (Å²) >= 11 is 0. The van der Waals surface area contributed by atoms with Gasteiger partial charge in [0.05, 0.1) is 0 Å². The van der Waals surface area contributed by atoms with Gasteiger partial charge in [0.2, 0.25) is 0 Å². The molecule has 2 nitrogen and oxygen atoms in total. The van der Waals surface area contributed by atoms with Crippen LogP contribution in [0.15, 0.2) is 24.3 Å². The average molecular weight is 246 g/mol. The van der Waals surface area contributed by atoms with Gasteiger partial charge in [0.15, 0.2) is 0 Å². The highest BCUT2D eigenvalue weighted by Gasteiger charge is 2.17. The summed E-state index contributed by atoms with van der Waals surface area (Å²) in [5.41, 5.74) is 2.73. The number of likely N-dealkylation sites (tertiary alicyclic amines) is 1. The molecule has 1 fully saturated rings. The molecule has 1 aromatic rings. The summed E-state index contributed by atoms with van der Waals surface area (Å²) in [6, 6.07) is 9.64. The lowest BCUT2D eigenvalue weighted by molar-refractivity contribution is 0.229. The fraction of sp³-hybridized carbons (Fsp3) is 0.625. The molecule has 0 amide bonds. The van der Waals surface area contributed by atoms with Crippen LogP contribution in [0.1, 0.15) is 38.7 Å². The predicted molar refractivity (Wildman–Crippen MR) is 79.2 cm³/mol. The number of piperidine rings is 1. The van der Waals surface area contributed by atoms with Crippen molar-refractivity contribution in [2.24, 2.45) is 0 Å². The molecule has 100 valence electrons. The maximum atomic E-state index is 3.67. The summed E-state index contributed by atoms with van der Waals surface area (Å²) < 4.78 is 0. The number of rotatable bonds is 5. The first kappa shape index (κ1) is 13.4.